The van der Waals surface area contributed by atoms with Crippen molar-refractivity contribution >= 4 is 17.3 Å². The van der Waals surface area contributed by atoms with E-state index in [0.29, 0.717) is 22.9 Å². The number of nitrogens with one attached hydrogen (secondary N) is 1. The molecule has 1 aliphatic rings. The third kappa shape index (κ3) is 3.15. The molecule has 2 rings (SSSR count). The average molecular weight is 248 g/mol. The third-order valence-corrected chi connectivity index (χ3v) is 3.58. The van der Waals surface area contributed by atoms with Gasteiger partial charge in [-0.1, -0.05) is 19.3 Å². The first kappa shape index (κ1) is 12.7. The number of benzene rings is 1. The molecule has 0 unspecified atom stereocenters. The summed E-state index contributed by atoms with van der Waals surface area (Å²) in [5.74, 6) is -0.261. The molecular weight excluding hydrogens is 228 g/mol. The standard InChI is InChI=1S/C14H20N2O2/c15-11-6-7-12(14(17)18)13(8-11)16-9-10-4-2-1-3-5-10/h6-8,10,16H,1-5,9,15H2,(H,17,18). The summed E-state index contributed by atoms with van der Waals surface area (Å²) >= 11 is 0. The quantitative estimate of drug-likeness (QED) is 0.716. The number of carboxylic acid groups (broad SMARTS) is 1. The van der Waals surface area contributed by atoms with E-state index in [1.54, 1.807) is 18.2 Å². The van der Waals surface area contributed by atoms with Gasteiger partial charge in [0.1, 0.15) is 0 Å². The Morgan fingerprint density at radius 3 is 2.72 bits per heavy atom. The van der Waals surface area contributed by atoms with Gasteiger partial charge in [-0.3, -0.25) is 0 Å². The molecule has 4 heteroatoms. The summed E-state index contributed by atoms with van der Waals surface area (Å²) in [4.78, 5) is 11.1. The molecule has 1 saturated carbocycles. The third-order valence-electron chi connectivity index (χ3n) is 3.58. The van der Waals surface area contributed by atoms with Crippen LogP contribution in [0.5, 0.6) is 0 Å². The summed E-state index contributed by atoms with van der Waals surface area (Å²) in [7, 11) is 0. The second-order valence-corrected chi connectivity index (χ2v) is 5.00. The molecule has 1 aromatic carbocycles. The molecular formula is C14H20N2O2. The van der Waals surface area contributed by atoms with Crippen LogP contribution in [-0.4, -0.2) is 17.6 Å². The highest BCUT2D eigenvalue weighted by Gasteiger charge is 2.15. The molecule has 0 aliphatic heterocycles. The molecule has 1 aromatic rings. The summed E-state index contributed by atoms with van der Waals surface area (Å²) in [5.41, 5.74) is 7.22. The molecule has 0 aromatic heterocycles. The van der Waals surface area contributed by atoms with E-state index in [2.05, 4.69) is 5.32 Å². The number of hydrogen-bond acceptors (Lipinski definition) is 3. The Kier molecular flexibility index (Phi) is 4.07. The smallest absolute Gasteiger partial charge is 0.337 e. The molecule has 0 spiro atoms. The molecule has 0 amide bonds. The Morgan fingerprint density at radius 1 is 1.33 bits per heavy atom. The van der Waals surface area contributed by atoms with Crippen LogP contribution in [0.1, 0.15) is 42.5 Å². The number of carboxylic acids is 1. The maximum absolute atomic E-state index is 11.1. The first-order chi connectivity index (χ1) is 8.66. The van der Waals surface area contributed by atoms with Gasteiger partial charge in [0.2, 0.25) is 0 Å². The van der Waals surface area contributed by atoms with E-state index in [0.717, 1.165) is 6.54 Å². The predicted molar refractivity (Wildman–Crippen MR) is 72.9 cm³/mol. The van der Waals surface area contributed by atoms with Crippen molar-refractivity contribution in [1.82, 2.24) is 0 Å². The highest BCUT2D eigenvalue weighted by molar-refractivity contribution is 5.95. The zero-order valence-electron chi connectivity index (χ0n) is 10.5. The molecule has 0 heterocycles. The van der Waals surface area contributed by atoms with E-state index in [4.69, 9.17) is 10.8 Å². The number of nitrogen functional groups attached to an aromatic ring is 1. The SMILES string of the molecule is Nc1ccc(C(=O)O)c(NCC2CCCCC2)c1. The van der Waals surface area contributed by atoms with Crippen LogP contribution in [0, 0.1) is 5.92 Å². The maximum Gasteiger partial charge on any atom is 0.337 e. The predicted octanol–water partition coefficient (Wildman–Crippen LogP) is 2.96. The Bertz CT molecular complexity index is 426. The van der Waals surface area contributed by atoms with Gasteiger partial charge in [0.05, 0.1) is 11.3 Å². The molecule has 0 radical (unpaired) electrons. The summed E-state index contributed by atoms with van der Waals surface area (Å²) in [6, 6.07) is 4.88. The molecule has 4 nitrogen and oxygen atoms in total. The van der Waals surface area contributed by atoms with Crippen molar-refractivity contribution in [3.05, 3.63) is 23.8 Å². The Balaban J connectivity index is 2.03. The van der Waals surface area contributed by atoms with Crippen LogP contribution in [-0.2, 0) is 0 Å². The van der Waals surface area contributed by atoms with Crippen molar-refractivity contribution in [2.75, 3.05) is 17.6 Å². The minimum atomic E-state index is -0.916. The molecule has 18 heavy (non-hydrogen) atoms. The Morgan fingerprint density at radius 2 is 2.06 bits per heavy atom. The zero-order valence-corrected chi connectivity index (χ0v) is 10.5. The second-order valence-electron chi connectivity index (χ2n) is 5.00. The lowest BCUT2D eigenvalue weighted by atomic mass is 9.89. The van der Waals surface area contributed by atoms with Crippen LogP contribution < -0.4 is 11.1 Å². The number of carbonyl (C=O) groups is 1. The summed E-state index contributed by atoms with van der Waals surface area (Å²) in [6.45, 7) is 0.837. The minimum absolute atomic E-state index is 0.292. The van der Waals surface area contributed by atoms with E-state index in [1.807, 2.05) is 0 Å². The van der Waals surface area contributed by atoms with Crippen LogP contribution in [0.2, 0.25) is 0 Å². The Labute approximate surface area is 107 Å². The fourth-order valence-electron chi connectivity index (χ4n) is 2.54. The normalized spacial score (nSPS) is 16.4. The summed E-state index contributed by atoms with van der Waals surface area (Å²) < 4.78 is 0. The molecule has 98 valence electrons. The van der Waals surface area contributed by atoms with Crippen LogP contribution in [0.4, 0.5) is 11.4 Å². The lowest BCUT2D eigenvalue weighted by Crippen LogP contribution is -2.18. The van der Waals surface area contributed by atoms with E-state index < -0.39 is 5.97 Å². The van der Waals surface area contributed by atoms with Crippen molar-refractivity contribution in [1.29, 1.82) is 0 Å². The highest BCUT2D eigenvalue weighted by Crippen LogP contribution is 2.25. The van der Waals surface area contributed by atoms with Crippen LogP contribution >= 0.6 is 0 Å². The monoisotopic (exact) mass is 248 g/mol. The number of anilines is 2. The number of nitrogens with two attached hydrogens (primary N) is 1. The van der Waals surface area contributed by atoms with Crippen LogP contribution in [0.25, 0.3) is 0 Å². The molecule has 0 saturated heterocycles. The lowest BCUT2D eigenvalue weighted by Gasteiger charge is -2.22. The number of rotatable bonds is 4. The van der Waals surface area contributed by atoms with E-state index in [1.165, 1.54) is 32.1 Å². The fourth-order valence-corrected chi connectivity index (χ4v) is 2.54. The molecule has 1 aliphatic carbocycles. The van der Waals surface area contributed by atoms with Gasteiger partial charge in [-0.25, -0.2) is 4.79 Å². The van der Waals surface area contributed by atoms with Gasteiger partial charge < -0.3 is 16.2 Å². The Hall–Kier alpha value is -1.71. The van der Waals surface area contributed by atoms with Crippen molar-refractivity contribution in [2.45, 2.75) is 32.1 Å². The van der Waals surface area contributed by atoms with Crippen LogP contribution in [0.15, 0.2) is 18.2 Å². The minimum Gasteiger partial charge on any atom is -0.478 e. The topological polar surface area (TPSA) is 75.4 Å². The van der Waals surface area contributed by atoms with Gasteiger partial charge in [-0.05, 0) is 37.0 Å². The second kappa shape index (κ2) is 5.76. The van der Waals surface area contributed by atoms with E-state index >= 15 is 0 Å². The highest BCUT2D eigenvalue weighted by atomic mass is 16.4. The largest absolute Gasteiger partial charge is 0.478 e. The summed E-state index contributed by atoms with van der Waals surface area (Å²) in [5, 5.41) is 12.4. The van der Waals surface area contributed by atoms with Gasteiger partial charge in [-0.15, -0.1) is 0 Å². The van der Waals surface area contributed by atoms with Crippen LogP contribution in [0.3, 0.4) is 0 Å². The van der Waals surface area contributed by atoms with Gasteiger partial charge in [0.25, 0.3) is 0 Å². The molecule has 1 fully saturated rings. The van der Waals surface area contributed by atoms with Crippen molar-refractivity contribution < 1.29 is 9.90 Å². The van der Waals surface area contributed by atoms with Gasteiger partial charge in [0, 0.05) is 12.2 Å². The van der Waals surface area contributed by atoms with Crippen molar-refractivity contribution in [3.8, 4) is 0 Å². The molecule has 4 N–H and O–H groups in total. The van der Waals surface area contributed by atoms with Crippen molar-refractivity contribution in [3.63, 3.8) is 0 Å². The van der Waals surface area contributed by atoms with Gasteiger partial charge >= 0.3 is 5.97 Å². The first-order valence-corrected chi connectivity index (χ1v) is 6.53. The molecule has 0 bridgehead atoms. The molecule has 0 atom stereocenters. The number of hydrogen-bond donors (Lipinski definition) is 3. The average Bonchev–Trinajstić information content (AvgIpc) is 2.37. The fraction of sp³-hybridized carbons (Fsp3) is 0.500. The van der Waals surface area contributed by atoms with E-state index in [-0.39, 0.29) is 0 Å². The lowest BCUT2D eigenvalue weighted by molar-refractivity contribution is 0.0698. The summed E-state index contributed by atoms with van der Waals surface area (Å²) in [6.07, 6.45) is 6.37. The number of aromatic carboxylic acids is 1. The first-order valence-electron chi connectivity index (χ1n) is 6.53. The maximum atomic E-state index is 11.1. The van der Waals surface area contributed by atoms with Gasteiger partial charge in [-0.2, -0.15) is 0 Å². The van der Waals surface area contributed by atoms with E-state index in [9.17, 15) is 4.79 Å². The van der Waals surface area contributed by atoms with Gasteiger partial charge in [0.15, 0.2) is 0 Å². The van der Waals surface area contributed by atoms with Crippen molar-refractivity contribution in [2.24, 2.45) is 5.92 Å². The zero-order chi connectivity index (χ0) is 13.0.